The van der Waals surface area contributed by atoms with E-state index in [9.17, 15) is 19.5 Å². The molecule has 6 atom stereocenters. The number of fused-ring (bicyclic) bond motifs is 1. The fourth-order valence-corrected chi connectivity index (χ4v) is 7.30. The molecule has 4 rings (SSSR count). The molecule has 1 spiro atoms. The Morgan fingerprint density at radius 2 is 1.78 bits per heavy atom. The monoisotopic (exact) mass is 499 g/mol. The first-order chi connectivity index (χ1) is 16.7. The number of nitrogens with one attached hydrogen (secondary N) is 2. The van der Waals surface area contributed by atoms with E-state index in [4.69, 9.17) is 4.74 Å². The topological polar surface area (TPSA) is 108 Å². The lowest BCUT2D eigenvalue weighted by molar-refractivity contribution is -0.147. The maximum Gasteiger partial charge on any atom is 0.246 e. The van der Waals surface area contributed by atoms with Gasteiger partial charge in [-0.3, -0.25) is 14.4 Å². The van der Waals surface area contributed by atoms with Crippen LogP contribution in [0.4, 0.5) is 5.69 Å². The molecule has 0 radical (unpaired) electrons. The number of likely N-dealkylation sites (tertiary alicyclic amines) is 1. The van der Waals surface area contributed by atoms with Crippen molar-refractivity contribution in [1.82, 2.24) is 10.2 Å². The summed E-state index contributed by atoms with van der Waals surface area (Å²) in [6.45, 7) is 13.9. The largest absolute Gasteiger partial charge is 0.395 e. The Morgan fingerprint density at radius 1 is 1.14 bits per heavy atom. The second kappa shape index (κ2) is 8.84. The van der Waals surface area contributed by atoms with Crippen LogP contribution in [-0.2, 0) is 19.1 Å². The number of anilines is 1. The first kappa shape index (κ1) is 26.6. The molecule has 0 saturated carbocycles. The summed E-state index contributed by atoms with van der Waals surface area (Å²) in [5.41, 5.74) is -1.90. The number of aliphatic hydroxyl groups is 1. The fourth-order valence-electron chi connectivity index (χ4n) is 7.30. The minimum Gasteiger partial charge on any atom is -0.395 e. The SMILES string of the molecule is CC1CC23O[C@@]1(C)[C@H](C(=O)Nc1ccccc1)[C@H]2C(=O)N(CCO)C3C(=O)NC(C)(C)CC(C)(C)C. The number of para-hydroxylation sites is 1. The Bertz CT molecular complexity index is 1040. The second-order valence-electron chi connectivity index (χ2n) is 12.9. The van der Waals surface area contributed by atoms with Crippen LogP contribution in [0.5, 0.6) is 0 Å². The van der Waals surface area contributed by atoms with Crippen LogP contribution in [0.2, 0.25) is 0 Å². The number of rotatable bonds is 7. The molecule has 3 amide bonds. The van der Waals surface area contributed by atoms with E-state index < -0.39 is 34.6 Å². The molecule has 8 heteroatoms. The van der Waals surface area contributed by atoms with Crippen molar-refractivity contribution in [2.24, 2.45) is 23.2 Å². The number of carbonyl (C=O) groups excluding carboxylic acids is 3. The predicted molar refractivity (Wildman–Crippen MR) is 137 cm³/mol. The van der Waals surface area contributed by atoms with E-state index in [1.807, 2.05) is 45.9 Å². The van der Waals surface area contributed by atoms with Gasteiger partial charge in [-0.2, -0.15) is 0 Å². The minimum absolute atomic E-state index is 0.0103. The summed E-state index contributed by atoms with van der Waals surface area (Å²) < 4.78 is 6.69. The van der Waals surface area contributed by atoms with Gasteiger partial charge in [0, 0.05) is 17.8 Å². The van der Waals surface area contributed by atoms with Gasteiger partial charge in [0.25, 0.3) is 0 Å². The standard InChI is InChI=1S/C28H41N3O5/c1-17-15-28-20(19(27(17,7)36-28)22(33)29-18-11-9-8-10-12-18)24(35)31(13-14-32)21(28)23(34)30-26(5,6)16-25(2,3)4/h8-12,17,19-21,32H,13-16H2,1-7H3,(H,29,33)(H,30,34)/t17?,19-,20-,21?,27+,28?/m0/s1. The van der Waals surface area contributed by atoms with E-state index in [2.05, 4.69) is 31.4 Å². The molecule has 2 bridgehead atoms. The van der Waals surface area contributed by atoms with E-state index in [0.29, 0.717) is 12.1 Å². The molecule has 1 aromatic rings. The molecule has 3 saturated heterocycles. The highest BCUT2D eigenvalue weighted by atomic mass is 16.5. The zero-order valence-corrected chi connectivity index (χ0v) is 22.6. The van der Waals surface area contributed by atoms with Crippen molar-refractivity contribution in [3.8, 4) is 0 Å². The summed E-state index contributed by atoms with van der Waals surface area (Å²) in [6, 6.07) is 8.22. The summed E-state index contributed by atoms with van der Waals surface area (Å²) >= 11 is 0. The predicted octanol–water partition coefficient (Wildman–Crippen LogP) is 2.96. The lowest BCUT2D eigenvalue weighted by Crippen LogP contribution is -2.59. The van der Waals surface area contributed by atoms with Crippen LogP contribution in [0.1, 0.15) is 61.3 Å². The van der Waals surface area contributed by atoms with Crippen molar-refractivity contribution >= 4 is 23.4 Å². The Labute approximate surface area is 214 Å². The summed E-state index contributed by atoms with van der Waals surface area (Å²) in [7, 11) is 0. The van der Waals surface area contributed by atoms with Crippen LogP contribution in [0.25, 0.3) is 0 Å². The molecule has 3 fully saturated rings. The molecule has 1 aromatic carbocycles. The molecular weight excluding hydrogens is 458 g/mol. The number of aliphatic hydroxyl groups excluding tert-OH is 1. The molecule has 8 nitrogen and oxygen atoms in total. The lowest BCUT2D eigenvalue weighted by atomic mass is 9.62. The Hall–Kier alpha value is -2.45. The Morgan fingerprint density at radius 3 is 2.36 bits per heavy atom. The van der Waals surface area contributed by atoms with Gasteiger partial charge in [-0.05, 0) is 57.1 Å². The second-order valence-corrected chi connectivity index (χ2v) is 12.9. The molecule has 3 unspecified atom stereocenters. The van der Waals surface area contributed by atoms with Gasteiger partial charge >= 0.3 is 0 Å². The average molecular weight is 500 g/mol. The molecule has 198 valence electrons. The number of β-amino-alcohol motifs (C(OH)–C–C–N with tert-alkyl or cyclic N) is 1. The van der Waals surface area contributed by atoms with E-state index in [-0.39, 0.29) is 42.2 Å². The number of nitrogens with zero attached hydrogens (tertiary/aromatic N) is 1. The zero-order chi connectivity index (χ0) is 26.7. The van der Waals surface area contributed by atoms with Crippen molar-refractivity contribution in [1.29, 1.82) is 0 Å². The van der Waals surface area contributed by atoms with Gasteiger partial charge in [0.05, 0.1) is 24.0 Å². The highest BCUT2D eigenvalue weighted by molar-refractivity contribution is 6.02. The minimum atomic E-state index is -1.12. The number of hydrogen-bond acceptors (Lipinski definition) is 5. The summed E-state index contributed by atoms with van der Waals surface area (Å²) in [5, 5.41) is 15.9. The van der Waals surface area contributed by atoms with Crippen LogP contribution in [0.15, 0.2) is 30.3 Å². The first-order valence-corrected chi connectivity index (χ1v) is 12.9. The highest BCUT2D eigenvalue weighted by Crippen LogP contribution is 2.65. The van der Waals surface area contributed by atoms with Gasteiger partial charge in [-0.25, -0.2) is 0 Å². The third-order valence-electron chi connectivity index (χ3n) is 8.16. The molecular formula is C28H41N3O5. The molecule has 3 aliphatic heterocycles. The number of hydrogen-bond donors (Lipinski definition) is 3. The number of amides is 3. The van der Waals surface area contributed by atoms with Crippen molar-refractivity contribution in [2.75, 3.05) is 18.5 Å². The molecule has 0 aliphatic carbocycles. The van der Waals surface area contributed by atoms with Gasteiger partial charge in [0.15, 0.2) is 0 Å². The summed E-state index contributed by atoms with van der Waals surface area (Å²) in [4.78, 5) is 42.9. The summed E-state index contributed by atoms with van der Waals surface area (Å²) in [5.74, 6) is -2.48. The number of benzene rings is 1. The van der Waals surface area contributed by atoms with Gasteiger partial charge in [-0.1, -0.05) is 45.9 Å². The Balaban J connectivity index is 1.71. The van der Waals surface area contributed by atoms with E-state index in [1.54, 1.807) is 12.1 Å². The van der Waals surface area contributed by atoms with Crippen molar-refractivity contribution in [2.45, 2.75) is 84.1 Å². The molecule has 3 N–H and O–H groups in total. The van der Waals surface area contributed by atoms with E-state index >= 15 is 0 Å². The number of carbonyl (C=O) groups is 3. The summed E-state index contributed by atoms with van der Waals surface area (Å²) in [6.07, 6.45) is 1.23. The van der Waals surface area contributed by atoms with Gasteiger partial charge in [0.1, 0.15) is 11.6 Å². The van der Waals surface area contributed by atoms with Crippen LogP contribution < -0.4 is 10.6 Å². The lowest BCUT2D eigenvalue weighted by Gasteiger charge is -2.38. The van der Waals surface area contributed by atoms with Crippen LogP contribution in [-0.4, -0.2) is 63.7 Å². The molecule has 0 aromatic heterocycles. The van der Waals surface area contributed by atoms with Gasteiger partial charge < -0.3 is 25.4 Å². The average Bonchev–Trinajstić information content (AvgIpc) is 3.24. The third-order valence-corrected chi connectivity index (χ3v) is 8.16. The normalized spacial score (nSPS) is 33.6. The van der Waals surface area contributed by atoms with E-state index in [0.717, 1.165) is 6.42 Å². The van der Waals surface area contributed by atoms with Crippen molar-refractivity contribution in [3.63, 3.8) is 0 Å². The Kier molecular flexibility index (Phi) is 6.53. The maximum absolute atomic E-state index is 13.9. The van der Waals surface area contributed by atoms with E-state index in [1.165, 1.54) is 4.90 Å². The van der Waals surface area contributed by atoms with Crippen LogP contribution in [0, 0.1) is 23.2 Å². The first-order valence-electron chi connectivity index (χ1n) is 12.9. The quantitative estimate of drug-likeness (QED) is 0.535. The molecule has 3 heterocycles. The third kappa shape index (κ3) is 4.32. The molecule has 3 aliphatic rings. The maximum atomic E-state index is 13.9. The smallest absolute Gasteiger partial charge is 0.246 e. The van der Waals surface area contributed by atoms with Crippen molar-refractivity contribution < 1.29 is 24.2 Å². The van der Waals surface area contributed by atoms with Crippen LogP contribution in [0.3, 0.4) is 0 Å². The highest BCUT2D eigenvalue weighted by Gasteiger charge is 2.79. The van der Waals surface area contributed by atoms with Gasteiger partial charge in [-0.15, -0.1) is 0 Å². The molecule has 36 heavy (non-hydrogen) atoms. The van der Waals surface area contributed by atoms with Gasteiger partial charge in [0.2, 0.25) is 17.7 Å². The fraction of sp³-hybridized carbons (Fsp3) is 0.679. The van der Waals surface area contributed by atoms with Crippen LogP contribution >= 0.6 is 0 Å². The number of ether oxygens (including phenoxy) is 1. The zero-order valence-electron chi connectivity index (χ0n) is 22.6. The van der Waals surface area contributed by atoms with Crippen molar-refractivity contribution in [3.05, 3.63) is 30.3 Å².